The molecule has 0 saturated carbocycles. The van der Waals surface area contributed by atoms with Crippen molar-refractivity contribution in [3.63, 3.8) is 0 Å². The lowest BCUT2D eigenvalue weighted by molar-refractivity contribution is 0.0940. The van der Waals surface area contributed by atoms with E-state index in [0.29, 0.717) is 17.5 Å². The number of anilines is 1. The highest BCUT2D eigenvalue weighted by Crippen LogP contribution is 2.25. The van der Waals surface area contributed by atoms with Gasteiger partial charge in [0.15, 0.2) is 17.3 Å². The second-order valence-corrected chi connectivity index (χ2v) is 6.92. The van der Waals surface area contributed by atoms with E-state index in [1.165, 1.54) is 18.4 Å². The van der Waals surface area contributed by atoms with Crippen LogP contribution in [0, 0.1) is 0 Å². The van der Waals surface area contributed by atoms with E-state index in [1.807, 2.05) is 17.5 Å². The van der Waals surface area contributed by atoms with E-state index in [-0.39, 0.29) is 24.2 Å². The molecule has 0 atom stereocenters. The van der Waals surface area contributed by atoms with Gasteiger partial charge in [0.2, 0.25) is 5.95 Å². The summed E-state index contributed by atoms with van der Waals surface area (Å²) in [7, 11) is 1.51. The molecule has 1 amide bonds. The minimum Gasteiger partial charge on any atom is -0.467 e. The summed E-state index contributed by atoms with van der Waals surface area (Å²) in [6.45, 7) is 1.95. The summed E-state index contributed by atoms with van der Waals surface area (Å²) >= 11 is 1.52. The summed E-state index contributed by atoms with van der Waals surface area (Å²) in [5.41, 5.74) is 0.208. The Morgan fingerprint density at radius 2 is 2.19 bits per heavy atom. The van der Waals surface area contributed by atoms with Crippen molar-refractivity contribution in [2.24, 2.45) is 0 Å². The number of nitrogens with one attached hydrogen (secondary N) is 1. The van der Waals surface area contributed by atoms with Gasteiger partial charge in [-0.25, -0.2) is 0 Å². The molecule has 1 aliphatic rings. The Labute approximate surface area is 159 Å². The molecule has 3 aromatic rings. The van der Waals surface area contributed by atoms with Crippen LogP contribution in [0.4, 0.5) is 5.95 Å². The molecule has 1 saturated heterocycles. The lowest BCUT2D eigenvalue weighted by Gasteiger charge is -2.16. The fourth-order valence-corrected chi connectivity index (χ4v) is 3.46. The lowest BCUT2D eigenvalue weighted by Crippen LogP contribution is -2.26. The fraction of sp³-hybridized carbons (Fsp3) is 0.353. The monoisotopic (exact) mass is 386 g/mol. The van der Waals surface area contributed by atoms with Crippen LogP contribution in [-0.4, -0.2) is 46.2 Å². The van der Waals surface area contributed by atoms with Gasteiger partial charge in [-0.3, -0.25) is 4.79 Å². The van der Waals surface area contributed by atoms with E-state index in [9.17, 15) is 4.79 Å². The highest BCUT2D eigenvalue weighted by Gasteiger charge is 2.19. The van der Waals surface area contributed by atoms with E-state index < -0.39 is 0 Å². The molecule has 4 heterocycles. The molecule has 0 spiro atoms. The molecule has 4 rings (SSSR count). The van der Waals surface area contributed by atoms with Crippen LogP contribution < -0.4 is 15.0 Å². The first-order valence-corrected chi connectivity index (χ1v) is 9.43. The van der Waals surface area contributed by atoms with Crippen molar-refractivity contribution in [3.05, 3.63) is 35.1 Å². The van der Waals surface area contributed by atoms with Gasteiger partial charge >= 0.3 is 6.01 Å². The average molecular weight is 386 g/mol. The molecule has 0 unspecified atom stereocenters. The highest BCUT2D eigenvalue weighted by atomic mass is 32.1. The molecule has 0 radical (unpaired) electrons. The summed E-state index contributed by atoms with van der Waals surface area (Å²) in [6, 6.07) is 5.67. The van der Waals surface area contributed by atoms with Crippen molar-refractivity contribution in [1.82, 2.24) is 25.4 Å². The molecule has 9 nitrogen and oxygen atoms in total. The van der Waals surface area contributed by atoms with Crippen molar-refractivity contribution in [2.75, 3.05) is 25.1 Å². The first-order chi connectivity index (χ1) is 13.2. The predicted octanol–water partition coefficient (Wildman–Crippen LogP) is 2.13. The van der Waals surface area contributed by atoms with Crippen LogP contribution in [0.3, 0.4) is 0 Å². The van der Waals surface area contributed by atoms with Crippen LogP contribution >= 0.6 is 11.3 Å². The van der Waals surface area contributed by atoms with Gasteiger partial charge in [0.25, 0.3) is 5.91 Å². The van der Waals surface area contributed by atoms with Crippen LogP contribution in [0.1, 0.15) is 29.2 Å². The molecule has 0 aromatic carbocycles. The number of carbonyl (C=O) groups excluding carboxylic acids is 1. The topological polar surface area (TPSA) is 106 Å². The normalized spacial score (nSPS) is 13.7. The van der Waals surface area contributed by atoms with Crippen molar-refractivity contribution < 1.29 is 14.1 Å². The number of nitrogens with zero attached hydrogens (tertiary/aromatic N) is 5. The third kappa shape index (κ3) is 3.90. The van der Waals surface area contributed by atoms with Crippen LogP contribution in [-0.2, 0) is 6.54 Å². The standard InChI is InChI=1S/C17H18N6O3S/c1-25-17-20-14(19-16(21-17)23-6-2-3-7-23)10-18-15(24)11-9-12(26-22-11)13-5-4-8-27-13/h4-5,8-9H,2-3,6-7,10H2,1H3,(H,18,24). The van der Waals surface area contributed by atoms with Crippen molar-refractivity contribution in [2.45, 2.75) is 19.4 Å². The number of aromatic nitrogens is 4. The first kappa shape index (κ1) is 17.4. The van der Waals surface area contributed by atoms with Crippen molar-refractivity contribution in [3.8, 4) is 16.6 Å². The molecule has 3 aromatic heterocycles. The summed E-state index contributed by atoms with van der Waals surface area (Å²) in [4.78, 5) is 28.3. The number of amides is 1. The Morgan fingerprint density at radius 1 is 1.33 bits per heavy atom. The Balaban J connectivity index is 1.45. The van der Waals surface area contributed by atoms with E-state index in [0.717, 1.165) is 30.8 Å². The zero-order valence-corrected chi connectivity index (χ0v) is 15.5. The third-order valence-electron chi connectivity index (χ3n) is 4.13. The maximum Gasteiger partial charge on any atom is 0.321 e. The van der Waals surface area contributed by atoms with Gasteiger partial charge in [-0.05, 0) is 24.3 Å². The van der Waals surface area contributed by atoms with Gasteiger partial charge < -0.3 is 19.5 Å². The quantitative estimate of drug-likeness (QED) is 0.687. The minimum atomic E-state index is -0.358. The largest absolute Gasteiger partial charge is 0.467 e. The Kier molecular flexibility index (Phi) is 4.97. The fourth-order valence-electron chi connectivity index (χ4n) is 2.78. The molecular weight excluding hydrogens is 368 g/mol. The third-order valence-corrected chi connectivity index (χ3v) is 5.02. The van der Waals surface area contributed by atoms with E-state index >= 15 is 0 Å². The second kappa shape index (κ2) is 7.70. The van der Waals surface area contributed by atoms with E-state index in [2.05, 4.69) is 30.3 Å². The molecule has 0 bridgehead atoms. The summed E-state index contributed by atoms with van der Waals surface area (Å²) in [5, 5.41) is 8.52. The van der Waals surface area contributed by atoms with Gasteiger partial charge in [0.05, 0.1) is 18.5 Å². The molecule has 27 heavy (non-hydrogen) atoms. The number of thiophene rings is 1. The number of carbonyl (C=O) groups is 1. The van der Waals surface area contributed by atoms with Gasteiger partial charge in [-0.15, -0.1) is 11.3 Å². The first-order valence-electron chi connectivity index (χ1n) is 8.55. The second-order valence-electron chi connectivity index (χ2n) is 5.97. The number of hydrogen-bond acceptors (Lipinski definition) is 9. The minimum absolute atomic E-state index is 0.139. The van der Waals surface area contributed by atoms with Crippen LogP contribution in [0.15, 0.2) is 28.1 Å². The van der Waals surface area contributed by atoms with E-state index in [1.54, 1.807) is 6.07 Å². The smallest absolute Gasteiger partial charge is 0.321 e. The zero-order chi connectivity index (χ0) is 18.6. The van der Waals surface area contributed by atoms with Gasteiger partial charge in [-0.1, -0.05) is 11.2 Å². The summed E-state index contributed by atoms with van der Waals surface area (Å²) < 4.78 is 10.4. The maximum absolute atomic E-state index is 12.4. The zero-order valence-electron chi connectivity index (χ0n) is 14.7. The molecule has 1 fully saturated rings. The molecule has 140 valence electrons. The molecule has 0 aliphatic carbocycles. The lowest BCUT2D eigenvalue weighted by atomic mass is 10.3. The molecule has 1 aliphatic heterocycles. The number of ether oxygens (including phenoxy) is 1. The van der Waals surface area contributed by atoms with Gasteiger partial charge in [0.1, 0.15) is 0 Å². The molecule has 10 heteroatoms. The SMILES string of the molecule is COc1nc(CNC(=O)c2cc(-c3cccs3)on2)nc(N2CCCC2)n1. The van der Waals surface area contributed by atoms with Crippen molar-refractivity contribution in [1.29, 1.82) is 0 Å². The highest BCUT2D eigenvalue weighted by molar-refractivity contribution is 7.13. The molecule has 1 N–H and O–H groups in total. The Hall–Kier alpha value is -3.01. The van der Waals surface area contributed by atoms with Gasteiger partial charge in [-0.2, -0.15) is 15.0 Å². The van der Waals surface area contributed by atoms with Crippen molar-refractivity contribution >= 4 is 23.2 Å². The summed E-state index contributed by atoms with van der Waals surface area (Å²) in [6.07, 6.45) is 2.22. The Morgan fingerprint density at radius 3 is 2.93 bits per heavy atom. The van der Waals surface area contributed by atoms with Gasteiger partial charge in [0, 0.05) is 19.2 Å². The Bertz CT molecular complexity index is 921. The number of hydrogen-bond donors (Lipinski definition) is 1. The average Bonchev–Trinajstić information content (AvgIpc) is 3.46. The number of methoxy groups -OCH3 is 1. The van der Waals surface area contributed by atoms with Crippen LogP contribution in [0.25, 0.3) is 10.6 Å². The molecular formula is C17H18N6O3S. The summed E-state index contributed by atoms with van der Waals surface area (Å²) in [5.74, 6) is 1.21. The number of rotatable bonds is 6. The van der Waals surface area contributed by atoms with Crippen LogP contribution in [0.2, 0.25) is 0 Å². The van der Waals surface area contributed by atoms with E-state index in [4.69, 9.17) is 9.26 Å². The van der Waals surface area contributed by atoms with Crippen LogP contribution in [0.5, 0.6) is 6.01 Å². The maximum atomic E-state index is 12.4. The predicted molar refractivity (Wildman–Crippen MR) is 98.8 cm³/mol.